The maximum atomic E-state index is 12.2. The van der Waals surface area contributed by atoms with Crippen LogP contribution in [0.5, 0.6) is 17.2 Å². The van der Waals surface area contributed by atoms with Crippen LogP contribution >= 0.6 is 0 Å². The van der Waals surface area contributed by atoms with Gasteiger partial charge in [0.1, 0.15) is 17.2 Å². The molecule has 7 heteroatoms. The van der Waals surface area contributed by atoms with Crippen LogP contribution in [0.4, 0.5) is 13.2 Å². The van der Waals surface area contributed by atoms with E-state index in [4.69, 9.17) is 15.2 Å². The van der Waals surface area contributed by atoms with Crippen LogP contribution in [0, 0.1) is 0 Å². The van der Waals surface area contributed by atoms with E-state index in [9.17, 15) is 13.2 Å². The van der Waals surface area contributed by atoms with Gasteiger partial charge in [0.2, 0.25) is 0 Å². The van der Waals surface area contributed by atoms with Crippen LogP contribution in [-0.2, 0) is 0 Å². The second-order valence-electron chi connectivity index (χ2n) is 4.70. The summed E-state index contributed by atoms with van der Waals surface area (Å²) in [4.78, 5) is 0. The molecule has 0 aliphatic heterocycles. The van der Waals surface area contributed by atoms with E-state index in [1.165, 1.54) is 38.5 Å². The van der Waals surface area contributed by atoms with Gasteiger partial charge in [-0.3, -0.25) is 0 Å². The third kappa shape index (κ3) is 4.29. The van der Waals surface area contributed by atoms with Crippen molar-refractivity contribution in [2.75, 3.05) is 14.2 Å². The minimum atomic E-state index is -4.72. The fourth-order valence-electron chi connectivity index (χ4n) is 2.13. The Kier molecular flexibility index (Phi) is 5.00. The van der Waals surface area contributed by atoms with Crippen molar-refractivity contribution in [3.63, 3.8) is 0 Å². The minimum Gasteiger partial charge on any atom is -0.497 e. The van der Waals surface area contributed by atoms with Gasteiger partial charge >= 0.3 is 6.36 Å². The van der Waals surface area contributed by atoms with E-state index in [2.05, 4.69) is 4.74 Å². The quantitative estimate of drug-likeness (QED) is 0.911. The standard InChI is InChI=1S/C16H16F3NO3/c1-21-12-7-8-13(14(9-12)22-2)15(20)10-3-5-11(6-4-10)23-16(17,18)19/h3-9,15H,20H2,1-2H3/t15-/m1/s1. The lowest BCUT2D eigenvalue weighted by Crippen LogP contribution is -2.17. The van der Waals surface area contributed by atoms with Crippen molar-refractivity contribution < 1.29 is 27.4 Å². The molecule has 2 rings (SSSR count). The van der Waals surface area contributed by atoms with E-state index < -0.39 is 12.4 Å². The summed E-state index contributed by atoms with van der Waals surface area (Å²) in [6, 6.07) is 10.0. The Balaban J connectivity index is 2.25. The van der Waals surface area contributed by atoms with Gasteiger partial charge in [-0.1, -0.05) is 12.1 Å². The van der Waals surface area contributed by atoms with Crippen molar-refractivity contribution in [3.8, 4) is 17.2 Å². The molecule has 2 N–H and O–H groups in total. The van der Waals surface area contributed by atoms with E-state index in [1.807, 2.05) is 0 Å². The van der Waals surface area contributed by atoms with Gasteiger partial charge in [0, 0.05) is 11.6 Å². The summed E-state index contributed by atoms with van der Waals surface area (Å²) in [5.74, 6) is 0.856. The zero-order valence-corrected chi connectivity index (χ0v) is 12.6. The van der Waals surface area contributed by atoms with Crippen LogP contribution in [0.2, 0.25) is 0 Å². The maximum Gasteiger partial charge on any atom is 0.573 e. The second-order valence-corrected chi connectivity index (χ2v) is 4.70. The van der Waals surface area contributed by atoms with Crippen molar-refractivity contribution in [1.29, 1.82) is 0 Å². The SMILES string of the molecule is COc1ccc([C@H](N)c2ccc(OC(F)(F)F)cc2)c(OC)c1. The lowest BCUT2D eigenvalue weighted by Gasteiger charge is -2.17. The number of methoxy groups -OCH3 is 2. The molecule has 0 aromatic heterocycles. The van der Waals surface area contributed by atoms with Crippen molar-refractivity contribution in [2.24, 2.45) is 5.73 Å². The van der Waals surface area contributed by atoms with Crippen molar-refractivity contribution in [1.82, 2.24) is 0 Å². The summed E-state index contributed by atoms with van der Waals surface area (Å²) in [5, 5.41) is 0. The van der Waals surface area contributed by atoms with E-state index in [-0.39, 0.29) is 5.75 Å². The van der Waals surface area contributed by atoms with Gasteiger partial charge < -0.3 is 19.9 Å². The smallest absolute Gasteiger partial charge is 0.497 e. The van der Waals surface area contributed by atoms with Gasteiger partial charge in [-0.05, 0) is 29.8 Å². The summed E-state index contributed by atoms with van der Waals surface area (Å²) in [6.45, 7) is 0. The third-order valence-electron chi connectivity index (χ3n) is 3.25. The Morgan fingerprint density at radius 3 is 2.04 bits per heavy atom. The number of hydrogen-bond acceptors (Lipinski definition) is 4. The highest BCUT2D eigenvalue weighted by Gasteiger charge is 2.31. The molecule has 0 radical (unpaired) electrons. The van der Waals surface area contributed by atoms with Gasteiger partial charge in [0.15, 0.2) is 0 Å². The first-order valence-corrected chi connectivity index (χ1v) is 6.67. The van der Waals surface area contributed by atoms with Crippen molar-refractivity contribution >= 4 is 0 Å². The third-order valence-corrected chi connectivity index (χ3v) is 3.25. The van der Waals surface area contributed by atoms with Gasteiger partial charge in [-0.2, -0.15) is 0 Å². The topological polar surface area (TPSA) is 53.7 Å². The van der Waals surface area contributed by atoms with Gasteiger partial charge in [-0.15, -0.1) is 13.2 Å². The summed E-state index contributed by atoms with van der Waals surface area (Å²) in [6.07, 6.45) is -4.72. The molecule has 4 nitrogen and oxygen atoms in total. The molecule has 0 saturated heterocycles. The number of hydrogen-bond donors (Lipinski definition) is 1. The van der Waals surface area contributed by atoms with E-state index in [0.29, 0.717) is 22.6 Å². The van der Waals surface area contributed by atoms with Crippen LogP contribution in [0.15, 0.2) is 42.5 Å². The molecule has 0 aliphatic rings. The minimum absolute atomic E-state index is 0.296. The first kappa shape index (κ1) is 17.0. The van der Waals surface area contributed by atoms with Gasteiger partial charge in [0.05, 0.1) is 20.3 Å². The Hall–Kier alpha value is -2.41. The Labute approximate surface area is 131 Å². The molecule has 2 aromatic carbocycles. The van der Waals surface area contributed by atoms with Gasteiger partial charge in [0.25, 0.3) is 0 Å². The number of nitrogens with two attached hydrogens (primary N) is 1. The Morgan fingerprint density at radius 1 is 0.913 bits per heavy atom. The molecule has 0 saturated carbocycles. The maximum absolute atomic E-state index is 12.2. The predicted octanol–water partition coefficient (Wildman–Crippen LogP) is 3.65. The summed E-state index contributed by atoms with van der Waals surface area (Å²) < 4.78 is 50.7. The van der Waals surface area contributed by atoms with Crippen molar-refractivity contribution in [3.05, 3.63) is 53.6 Å². The zero-order valence-electron chi connectivity index (χ0n) is 12.6. The van der Waals surface area contributed by atoms with E-state index >= 15 is 0 Å². The molecule has 0 fully saturated rings. The fraction of sp³-hybridized carbons (Fsp3) is 0.250. The molecule has 0 bridgehead atoms. The van der Waals surface area contributed by atoms with Crippen LogP contribution < -0.4 is 19.9 Å². The number of benzene rings is 2. The molecule has 23 heavy (non-hydrogen) atoms. The molecule has 0 aliphatic carbocycles. The first-order chi connectivity index (χ1) is 10.8. The number of ether oxygens (including phenoxy) is 3. The Morgan fingerprint density at radius 2 is 1.52 bits per heavy atom. The monoisotopic (exact) mass is 327 g/mol. The molecule has 0 heterocycles. The Bertz CT molecular complexity index is 657. The summed E-state index contributed by atoms with van der Waals surface area (Å²) in [5.41, 5.74) is 7.50. The first-order valence-electron chi connectivity index (χ1n) is 6.67. The number of halogens is 3. The van der Waals surface area contributed by atoms with E-state index in [1.54, 1.807) is 18.2 Å². The molecule has 0 spiro atoms. The van der Waals surface area contributed by atoms with Crippen LogP contribution in [-0.4, -0.2) is 20.6 Å². The van der Waals surface area contributed by atoms with E-state index in [0.717, 1.165) is 0 Å². The lowest BCUT2D eigenvalue weighted by atomic mass is 9.98. The summed E-state index contributed by atoms with van der Waals surface area (Å²) in [7, 11) is 3.04. The zero-order chi connectivity index (χ0) is 17.0. The largest absolute Gasteiger partial charge is 0.573 e. The highest BCUT2D eigenvalue weighted by atomic mass is 19.4. The summed E-state index contributed by atoms with van der Waals surface area (Å²) >= 11 is 0. The average Bonchev–Trinajstić information content (AvgIpc) is 2.52. The average molecular weight is 327 g/mol. The highest BCUT2D eigenvalue weighted by molar-refractivity contribution is 5.46. The molecule has 2 aromatic rings. The molecular formula is C16H16F3NO3. The highest BCUT2D eigenvalue weighted by Crippen LogP contribution is 2.32. The fourth-order valence-corrected chi connectivity index (χ4v) is 2.13. The van der Waals surface area contributed by atoms with Crippen LogP contribution in [0.3, 0.4) is 0 Å². The predicted molar refractivity (Wildman–Crippen MR) is 78.7 cm³/mol. The molecule has 1 atom stereocenters. The molecular weight excluding hydrogens is 311 g/mol. The molecule has 0 amide bonds. The lowest BCUT2D eigenvalue weighted by molar-refractivity contribution is -0.274. The van der Waals surface area contributed by atoms with Gasteiger partial charge in [-0.25, -0.2) is 0 Å². The van der Waals surface area contributed by atoms with Crippen LogP contribution in [0.25, 0.3) is 0 Å². The van der Waals surface area contributed by atoms with Crippen molar-refractivity contribution in [2.45, 2.75) is 12.4 Å². The normalized spacial score (nSPS) is 12.6. The molecule has 0 unspecified atom stereocenters. The molecule has 124 valence electrons. The number of alkyl halides is 3. The second kappa shape index (κ2) is 6.78. The number of rotatable bonds is 5. The van der Waals surface area contributed by atoms with Crippen LogP contribution in [0.1, 0.15) is 17.2 Å².